The van der Waals surface area contributed by atoms with Crippen LogP contribution in [0.1, 0.15) is 69.4 Å². The van der Waals surface area contributed by atoms with E-state index in [1.165, 1.54) is 42.1 Å². The number of alkyl halides is 3. The average Bonchev–Trinajstić information content (AvgIpc) is 3.57. The Morgan fingerprint density at radius 1 is 0.926 bits per heavy atom. The van der Waals surface area contributed by atoms with Gasteiger partial charge in [0.2, 0.25) is 17.8 Å². The number of aromatic nitrogens is 4. The maximum absolute atomic E-state index is 13.7. The van der Waals surface area contributed by atoms with Crippen molar-refractivity contribution in [2.75, 3.05) is 69.1 Å². The molecule has 8 rings (SSSR count). The molecule has 3 aromatic rings. The molecule has 5 aliphatic rings. The second-order valence-corrected chi connectivity index (χ2v) is 16.5. The molecule has 292 valence electrons. The number of carbonyl (C=O) groups excluding carboxylic acids is 2. The minimum Gasteiger partial charge on any atom is -0.370 e. The van der Waals surface area contributed by atoms with E-state index in [-0.39, 0.29) is 35.4 Å². The number of piperidine rings is 3. The first kappa shape index (κ1) is 38.5. The molecular formula is C38H51F3N10O2S. The summed E-state index contributed by atoms with van der Waals surface area (Å²) in [6, 6.07) is 8.41. The fourth-order valence-electron chi connectivity index (χ4n) is 8.50. The Morgan fingerprint density at radius 2 is 1.59 bits per heavy atom. The molecular weight excluding hydrogens is 718 g/mol. The van der Waals surface area contributed by atoms with E-state index in [9.17, 15) is 22.8 Å². The summed E-state index contributed by atoms with van der Waals surface area (Å²) in [6.45, 7) is 13.6. The number of amides is 2. The van der Waals surface area contributed by atoms with E-state index in [2.05, 4.69) is 56.2 Å². The number of hydrogen-bond acceptors (Lipinski definition) is 11. The van der Waals surface area contributed by atoms with Crippen LogP contribution in [0.15, 0.2) is 42.9 Å². The lowest BCUT2D eigenvalue weighted by molar-refractivity contribution is -0.137. The van der Waals surface area contributed by atoms with Crippen LogP contribution in [0.25, 0.3) is 11.3 Å². The van der Waals surface area contributed by atoms with Gasteiger partial charge in [0.1, 0.15) is 5.56 Å². The van der Waals surface area contributed by atoms with Crippen LogP contribution in [-0.2, 0) is 22.8 Å². The normalized spacial score (nSPS) is 23.0. The summed E-state index contributed by atoms with van der Waals surface area (Å²) in [5.41, 5.74) is 1.86. The minimum absolute atomic E-state index is 0.0918. The van der Waals surface area contributed by atoms with E-state index in [4.69, 9.17) is 0 Å². The molecule has 2 amide bonds. The minimum atomic E-state index is -4.56. The molecule has 5 saturated heterocycles. The molecule has 7 heterocycles. The predicted molar refractivity (Wildman–Crippen MR) is 203 cm³/mol. The van der Waals surface area contributed by atoms with Crippen molar-refractivity contribution in [2.45, 2.75) is 70.5 Å². The molecule has 0 saturated carbocycles. The lowest BCUT2D eigenvalue weighted by Gasteiger charge is -2.61. The summed E-state index contributed by atoms with van der Waals surface area (Å²) < 4.78 is 47.4. The maximum Gasteiger partial charge on any atom is 0.419 e. The van der Waals surface area contributed by atoms with Crippen LogP contribution in [0, 0.1) is 11.3 Å². The number of nitrogens with zero attached hydrogens (tertiary/aromatic N) is 8. The summed E-state index contributed by atoms with van der Waals surface area (Å²) >= 11 is 1.84. The van der Waals surface area contributed by atoms with Crippen molar-refractivity contribution in [1.82, 2.24) is 38.6 Å². The summed E-state index contributed by atoms with van der Waals surface area (Å²) in [5, 5.41) is 9.75. The van der Waals surface area contributed by atoms with E-state index in [1.54, 1.807) is 7.05 Å². The number of halogens is 3. The first-order valence-electron chi connectivity index (χ1n) is 19.3. The van der Waals surface area contributed by atoms with E-state index in [0.717, 1.165) is 82.9 Å². The number of benzene rings is 1. The first-order valence-corrected chi connectivity index (χ1v) is 20.0. The summed E-state index contributed by atoms with van der Waals surface area (Å²) in [7, 11) is 1.66. The maximum atomic E-state index is 13.7. The Hall–Kier alpha value is -3.73. The zero-order valence-electron chi connectivity index (χ0n) is 31.3. The van der Waals surface area contributed by atoms with Gasteiger partial charge in [-0.25, -0.2) is 18.6 Å². The standard InChI is InChI=1S/C36H45F3N10O2S.C2H6/c1-45-19-26(16-41-45)32-30(36(37,38)39)17-40-34(44-32)42-27-10-14-49(15-11-27)52-48-12-8-24(9-13-48)18-46-20-35(21-46)22-47(23-35)28-4-2-25(3-5-28)29-6-7-31(50)43-33(29)51;1-2/h2-5,16-17,19,24,27,29H,6-15,18,20-23H2,1H3,(H,40,42,44)(H,43,50,51);1-2H3. The zero-order valence-corrected chi connectivity index (χ0v) is 32.1. The molecule has 1 aromatic carbocycles. The van der Waals surface area contributed by atoms with Crippen LogP contribution in [0.3, 0.4) is 0 Å². The van der Waals surface area contributed by atoms with E-state index in [1.807, 2.05) is 38.1 Å². The highest BCUT2D eigenvalue weighted by Crippen LogP contribution is 2.43. The fraction of sp³-hybridized carbons (Fsp3) is 0.605. The molecule has 16 heteroatoms. The van der Waals surface area contributed by atoms with Gasteiger partial charge < -0.3 is 15.1 Å². The van der Waals surface area contributed by atoms with Crippen molar-refractivity contribution < 1.29 is 22.8 Å². The third-order valence-corrected chi connectivity index (χ3v) is 12.4. The van der Waals surface area contributed by atoms with Gasteiger partial charge >= 0.3 is 6.18 Å². The van der Waals surface area contributed by atoms with Gasteiger partial charge in [-0.1, -0.05) is 26.0 Å². The summed E-state index contributed by atoms with van der Waals surface area (Å²) in [5.74, 6) is 0.322. The Kier molecular flexibility index (Phi) is 11.5. The molecule has 5 fully saturated rings. The third-order valence-electron chi connectivity index (χ3n) is 11.3. The number of hydrogen-bond donors (Lipinski definition) is 2. The van der Waals surface area contributed by atoms with Crippen LogP contribution in [0.4, 0.5) is 24.8 Å². The van der Waals surface area contributed by atoms with Crippen molar-refractivity contribution in [3.05, 3.63) is 54.0 Å². The van der Waals surface area contributed by atoms with E-state index in [0.29, 0.717) is 23.8 Å². The van der Waals surface area contributed by atoms with Crippen LogP contribution in [0.5, 0.6) is 0 Å². The summed E-state index contributed by atoms with van der Waals surface area (Å²) in [6.07, 6.45) is 4.31. The highest BCUT2D eigenvalue weighted by atomic mass is 32.2. The Balaban J connectivity index is 0.00000221. The number of anilines is 2. The fourth-order valence-corrected chi connectivity index (χ4v) is 9.57. The van der Waals surface area contributed by atoms with Gasteiger partial charge in [-0.05, 0) is 55.7 Å². The topological polar surface area (TPSA) is 115 Å². The zero-order chi connectivity index (χ0) is 38.0. The molecule has 54 heavy (non-hydrogen) atoms. The highest BCUT2D eigenvalue weighted by molar-refractivity contribution is 7.94. The number of rotatable bonds is 9. The van der Waals surface area contributed by atoms with Crippen LogP contribution < -0.4 is 15.5 Å². The molecule has 0 radical (unpaired) electrons. The van der Waals surface area contributed by atoms with Crippen molar-refractivity contribution in [2.24, 2.45) is 18.4 Å². The van der Waals surface area contributed by atoms with Gasteiger partial charge in [-0.15, -0.1) is 0 Å². The Labute approximate surface area is 319 Å². The van der Waals surface area contributed by atoms with Gasteiger partial charge in [0.25, 0.3) is 0 Å². The predicted octanol–water partition coefficient (Wildman–Crippen LogP) is 5.42. The number of aryl methyl sites for hydroxylation is 1. The van der Waals surface area contributed by atoms with Crippen molar-refractivity contribution in [3.63, 3.8) is 0 Å². The smallest absolute Gasteiger partial charge is 0.370 e. The van der Waals surface area contributed by atoms with Gasteiger partial charge in [0, 0.05) is 120 Å². The van der Waals surface area contributed by atoms with Crippen molar-refractivity contribution >= 4 is 35.6 Å². The Bertz CT molecular complexity index is 1760. The van der Waals surface area contributed by atoms with E-state index < -0.39 is 11.7 Å². The van der Waals surface area contributed by atoms with Crippen molar-refractivity contribution in [1.29, 1.82) is 0 Å². The lowest BCUT2D eigenvalue weighted by atomic mass is 9.72. The second-order valence-electron chi connectivity index (χ2n) is 15.3. The largest absolute Gasteiger partial charge is 0.419 e. The van der Waals surface area contributed by atoms with Gasteiger partial charge in [0.05, 0.1) is 17.8 Å². The van der Waals surface area contributed by atoms with Gasteiger partial charge in [-0.2, -0.15) is 18.3 Å². The Morgan fingerprint density at radius 3 is 2.20 bits per heavy atom. The molecule has 2 N–H and O–H groups in total. The number of nitrogens with one attached hydrogen (secondary N) is 2. The SMILES string of the molecule is CC.Cn1cc(-c2nc(NC3CCN(SN4CCC(CN5CC6(C5)CN(c5ccc(C7CCC(=O)NC7=O)cc5)C6)CC4)CC3)ncc2C(F)(F)F)cn1. The van der Waals surface area contributed by atoms with Gasteiger partial charge in [0.15, 0.2) is 0 Å². The lowest BCUT2D eigenvalue weighted by Crippen LogP contribution is -2.72. The summed E-state index contributed by atoms with van der Waals surface area (Å²) in [4.78, 5) is 37.1. The van der Waals surface area contributed by atoms with Crippen LogP contribution in [0.2, 0.25) is 0 Å². The van der Waals surface area contributed by atoms with E-state index >= 15 is 0 Å². The molecule has 1 unspecified atom stereocenters. The molecule has 12 nitrogen and oxygen atoms in total. The molecule has 2 aromatic heterocycles. The van der Waals surface area contributed by atoms with Crippen molar-refractivity contribution in [3.8, 4) is 11.3 Å². The highest BCUT2D eigenvalue weighted by Gasteiger charge is 2.52. The van der Waals surface area contributed by atoms with Gasteiger partial charge in [-0.3, -0.25) is 19.6 Å². The molecule has 5 aliphatic heterocycles. The number of likely N-dealkylation sites (tertiary alicyclic amines) is 1. The number of carbonyl (C=O) groups is 2. The third kappa shape index (κ3) is 8.71. The van der Waals surface area contributed by atoms with Crippen LogP contribution >= 0.6 is 12.1 Å². The molecule has 0 bridgehead atoms. The average molecular weight is 769 g/mol. The quantitative estimate of drug-likeness (QED) is 0.215. The number of imide groups is 1. The molecule has 1 atom stereocenters. The second kappa shape index (κ2) is 16.2. The van der Waals surface area contributed by atoms with Crippen LogP contribution in [-0.4, -0.2) is 110 Å². The molecule has 1 spiro atoms. The first-order chi connectivity index (χ1) is 26.0. The molecule has 0 aliphatic carbocycles. The monoisotopic (exact) mass is 768 g/mol.